The standard InChI is InChI=1S/C24H29F4N7O4/c1-4-34-14(2)20-19(25)18(17(37-3)11-29-20)16-12-35-21(30-13-31-35)22(33-16)39-10-9-38-8-6-15(32-23(34)36)5-7-24(26,27)28/h11-15H,4-10H2,1-3H3,(H,32,36)/t14?,15-/m0/s1. The molecule has 39 heavy (non-hydrogen) atoms. The number of pyridine rings is 1. The van der Waals surface area contributed by atoms with Crippen molar-refractivity contribution in [2.45, 2.75) is 51.4 Å². The number of nitrogens with zero attached hydrogens (tertiary/aromatic N) is 6. The lowest BCUT2D eigenvalue weighted by molar-refractivity contribution is -0.136. The molecule has 0 fully saturated rings. The van der Waals surface area contributed by atoms with E-state index in [1.54, 1.807) is 13.8 Å². The highest BCUT2D eigenvalue weighted by atomic mass is 19.4. The number of urea groups is 1. The third-order valence-corrected chi connectivity index (χ3v) is 6.36. The van der Waals surface area contributed by atoms with Crippen molar-refractivity contribution in [1.29, 1.82) is 0 Å². The van der Waals surface area contributed by atoms with E-state index in [9.17, 15) is 18.0 Å². The number of carbonyl (C=O) groups is 1. The number of rotatable bonds is 4. The molecule has 4 rings (SSSR count). The number of methoxy groups -OCH3 is 1. The Hall–Kier alpha value is -3.75. The third-order valence-electron chi connectivity index (χ3n) is 6.36. The lowest BCUT2D eigenvalue weighted by Crippen LogP contribution is -2.46. The van der Waals surface area contributed by atoms with Gasteiger partial charge in [-0.25, -0.2) is 23.7 Å². The van der Waals surface area contributed by atoms with E-state index in [0.717, 1.165) is 0 Å². The molecule has 212 valence electrons. The monoisotopic (exact) mass is 555 g/mol. The summed E-state index contributed by atoms with van der Waals surface area (Å²) in [4.78, 5) is 27.3. The Labute approximate surface area is 221 Å². The summed E-state index contributed by atoms with van der Waals surface area (Å²) in [5.74, 6) is -0.629. The van der Waals surface area contributed by atoms with Crippen LogP contribution in [0, 0.1) is 5.82 Å². The van der Waals surface area contributed by atoms with Crippen LogP contribution < -0.4 is 14.8 Å². The van der Waals surface area contributed by atoms with Gasteiger partial charge in [0.05, 0.1) is 49.1 Å². The normalized spacial score (nSPS) is 19.4. The fourth-order valence-electron chi connectivity index (χ4n) is 4.34. The number of ether oxygens (including phenoxy) is 3. The highest BCUT2D eigenvalue weighted by Crippen LogP contribution is 2.36. The van der Waals surface area contributed by atoms with E-state index in [1.807, 2.05) is 0 Å². The van der Waals surface area contributed by atoms with E-state index < -0.39 is 36.5 Å². The lowest BCUT2D eigenvalue weighted by Gasteiger charge is -2.31. The van der Waals surface area contributed by atoms with Crippen LogP contribution in [0.1, 0.15) is 44.8 Å². The van der Waals surface area contributed by atoms with Crippen molar-refractivity contribution in [2.24, 2.45) is 0 Å². The minimum Gasteiger partial charge on any atom is -0.494 e. The molecule has 3 aromatic heterocycles. The Morgan fingerprint density at radius 3 is 2.74 bits per heavy atom. The van der Waals surface area contributed by atoms with Crippen molar-refractivity contribution in [1.82, 2.24) is 34.8 Å². The topological polar surface area (TPSA) is 116 Å². The lowest BCUT2D eigenvalue weighted by atomic mass is 10.1. The molecule has 1 aliphatic rings. The number of amides is 2. The molecular formula is C24H29F4N7O4. The maximum atomic E-state index is 16.1. The van der Waals surface area contributed by atoms with Gasteiger partial charge in [-0.1, -0.05) is 0 Å². The molecule has 0 aromatic carbocycles. The van der Waals surface area contributed by atoms with E-state index >= 15 is 4.39 Å². The molecule has 1 N–H and O–H groups in total. The van der Waals surface area contributed by atoms with Gasteiger partial charge in [-0.3, -0.25) is 4.98 Å². The van der Waals surface area contributed by atoms with Crippen LogP contribution in [-0.4, -0.2) is 81.2 Å². The van der Waals surface area contributed by atoms with E-state index in [2.05, 4.69) is 25.4 Å². The SMILES string of the molecule is CCN1C(=O)N[C@@H](CCC(F)(F)F)CCOCCOc2nc(cn3ncnc23)-c2c(OC)cnc(c2F)C1C. The van der Waals surface area contributed by atoms with Gasteiger partial charge in [0.25, 0.3) is 5.88 Å². The molecule has 3 aromatic rings. The average Bonchev–Trinajstić information content (AvgIpc) is 3.37. The summed E-state index contributed by atoms with van der Waals surface area (Å²) in [5, 5.41) is 6.77. The Balaban J connectivity index is 1.77. The minimum absolute atomic E-state index is 0.0282. The summed E-state index contributed by atoms with van der Waals surface area (Å²) >= 11 is 0. The number of aromatic nitrogens is 5. The van der Waals surface area contributed by atoms with Gasteiger partial charge in [0.15, 0.2) is 5.82 Å². The Morgan fingerprint density at radius 2 is 2.03 bits per heavy atom. The molecule has 0 aliphatic carbocycles. The number of hydrogen-bond donors (Lipinski definition) is 1. The molecule has 15 heteroatoms. The second-order valence-electron chi connectivity index (χ2n) is 8.87. The maximum Gasteiger partial charge on any atom is 0.389 e. The summed E-state index contributed by atoms with van der Waals surface area (Å²) in [5.41, 5.74) is 0.304. The molecule has 0 radical (unpaired) electrons. The van der Waals surface area contributed by atoms with E-state index in [-0.39, 0.29) is 73.4 Å². The van der Waals surface area contributed by atoms with Crippen molar-refractivity contribution < 1.29 is 36.6 Å². The number of nitrogens with one attached hydrogen (secondary N) is 1. The zero-order chi connectivity index (χ0) is 28.2. The zero-order valence-corrected chi connectivity index (χ0v) is 21.7. The first-order valence-electron chi connectivity index (χ1n) is 12.4. The van der Waals surface area contributed by atoms with Crippen LogP contribution in [0.2, 0.25) is 0 Å². The van der Waals surface area contributed by atoms with Crippen LogP contribution in [0.4, 0.5) is 22.4 Å². The van der Waals surface area contributed by atoms with Gasteiger partial charge in [0.2, 0.25) is 5.65 Å². The van der Waals surface area contributed by atoms with Crippen LogP contribution in [0.3, 0.4) is 0 Å². The molecule has 1 unspecified atom stereocenters. The molecule has 0 spiro atoms. The predicted molar refractivity (Wildman–Crippen MR) is 130 cm³/mol. The van der Waals surface area contributed by atoms with Gasteiger partial charge in [-0.15, -0.1) is 0 Å². The number of hydrogen-bond acceptors (Lipinski definition) is 8. The van der Waals surface area contributed by atoms with Crippen molar-refractivity contribution in [3.05, 3.63) is 30.2 Å². The Kier molecular flexibility index (Phi) is 8.67. The Morgan fingerprint density at radius 1 is 1.23 bits per heavy atom. The fraction of sp³-hybridized carbons (Fsp3) is 0.542. The molecule has 4 heterocycles. The van der Waals surface area contributed by atoms with Crippen molar-refractivity contribution in [2.75, 3.05) is 33.5 Å². The van der Waals surface area contributed by atoms with Gasteiger partial charge in [0.1, 0.15) is 18.7 Å². The quantitative estimate of drug-likeness (QED) is 0.482. The predicted octanol–water partition coefficient (Wildman–Crippen LogP) is 3.94. The van der Waals surface area contributed by atoms with E-state index in [4.69, 9.17) is 14.2 Å². The molecule has 2 amide bonds. The molecule has 0 saturated heterocycles. The van der Waals surface area contributed by atoms with Crippen LogP contribution >= 0.6 is 0 Å². The van der Waals surface area contributed by atoms with Gasteiger partial charge < -0.3 is 24.4 Å². The number of carbonyl (C=O) groups excluding carboxylic acids is 1. The minimum atomic E-state index is -4.38. The summed E-state index contributed by atoms with van der Waals surface area (Å²) < 4.78 is 73.0. The second-order valence-corrected chi connectivity index (χ2v) is 8.87. The van der Waals surface area contributed by atoms with Crippen molar-refractivity contribution in [3.63, 3.8) is 0 Å². The van der Waals surface area contributed by atoms with E-state index in [0.29, 0.717) is 0 Å². The highest BCUT2D eigenvalue weighted by Gasteiger charge is 2.32. The summed E-state index contributed by atoms with van der Waals surface area (Å²) in [7, 11) is 1.36. The summed E-state index contributed by atoms with van der Waals surface area (Å²) in [6.45, 7) is 3.59. The summed E-state index contributed by atoms with van der Waals surface area (Å²) in [6, 6.07) is -2.36. The maximum absolute atomic E-state index is 16.1. The van der Waals surface area contributed by atoms with Gasteiger partial charge in [-0.05, 0) is 26.7 Å². The summed E-state index contributed by atoms with van der Waals surface area (Å²) in [6.07, 6.45) is -1.58. The molecule has 4 bridgehead atoms. The third kappa shape index (κ3) is 6.46. The van der Waals surface area contributed by atoms with Crippen LogP contribution in [-0.2, 0) is 4.74 Å². The fourth-order valence-corrected chi connectivity index (χ4v) is 4.34. The number of fused-ring (bicyclic) bond motifs is 7. The number of alkyl halides is 3. The first kappa shape index (κ1) is 28.3. The zero-order valence-electron chi connectivity index (χ0n) is 21.7. The van der Waals surface area contributed by atoms with Gasteiger partial charge >= 0.3 is 12.2 Å². The number of halogens is 4. The highest BCUT2D eigenvalue weighted by molar-refractivity contribution is 5.75. The van der Waals surface area contributed by atoms with Crippen LogP contribution in [0.15, 0.2) is 18.7 Å². The van der Waals surface area contributed by atoms with Crippen molar-refractivity contribution >= 4 is 11.7 Å². The van der Waals surface area contributed by atoms with Gasteiger partial charge in [0, 0.05) is 25.6 Å². The average molecular weight is 556 g/mol. The largest absolute Gasteiger partial charge is 0.494 e. The van der Waals surface area contributed by atoms with Crippen LogP contribution in [0.25, 0.3) is 16.9 Å². The second kappa shape index (κ2) is 12.0. The van der Waals surface area contributed by atoms with Gasteiger partial charge in [-0.2, -0.15) is 18.3 Å². The van der Waals surface area contributed by atoms with Crippen molar-refractivity contribution in [3.8, 4) is 22.9 Å². The molecule has 2 atom stereocenters. The first-order valence-corrected chi connectivity index (χ1v) is 12.4. The molecular weight excluding hydrogens is 526 g/mol. The molecule has 0 saturated carbocycles. The molecule has 1 aliphatic heterocycles. The first-order chi connectivity index (χ1) is 18.6. The van der Waals surface area contributed by atoms with Crippen LogP contribution in [0.5, 0.6) is 11.6 Å². The Bertz CT molecular complexity index is 1300. The smallest absolute Gasteiger partial charge is 0.389 e. The van der Waals surface area contributed by atoms with E-state index in [1.165, 1.54) is 35.2 Å². The molecule has 11 nitrogen and oxygen atoms in total.